The van der Waals surface area contributed by atoms with Crippen molar-refractivity contribution in [1.29, 1.82) is 0 Å². The van der Waals surface area contributed by atoms with E-state index in [0.29, 0.717) is 19.3 Å². The van der Waals surface area contributed by atoms with E-state index in [2.05, 4.69) is 130 Å². The highest BCUT2D eigenvalue weighted by Gasteiger charge is 2.19. The summed E-state index contributed by atoms with van der Waals surface area (Å²) in [6.45, 7) is 6.41. The fraction of sp³-hybridized carbons (Fsp3) is 0.657. The highest BCUT2D eigenvalue weighted by atomic mass is 16.6. The average Bonchev–Trinajstić information content (AvgIpc) is 3.39. The van der Waals surface area contributed by atoms with Crippen LogP contribution in [-0.4, -0.2) is 37.2 Å². The molecule has 0 aromatic carbocycles. The number of carbonyl (C=O) groups is 3. The highest BCUT2D eigenvalue weighted by molar-refractivity contribution is 5.71. The van der Waals surface area contributed by atoms with Crippen LogP contribution in [0, 0.1) is 0 Å². The molecule has 6 heteroatoms. The number of hydrogen-bond acceptors (Lipinski definition) is 6. The first-order chi connectivity index (χ1) is 36.0. The lowest BCUT2D eigenvalue weighted by molar-refractivity contribution is -0.166. The van der Waals surface area contributed by atoms with Crippen molar-refractivity contribution in [3.63, 3.8) is 0 Å². The second-order valence-electron chi connectivity index (χ2n) is 19.5. The Balaban J connectivity index is 4.57. The molecular weight excluding hydrogens is 901 g/mol. The smallest absolute Gasteiger partial charge is 0.306 e. The van der Waals surface area contributed by atoms with E-state index >= 15 is 0 Å². The molecule has 0 aromatic rings. The molecule has 73 heavy (non-hydrogen) atoms. The van der Waals surface area contributed by atoms with Crippen molar-refractivity contribution in [2.45, 2.75) is 271 Å². The van der Waals surface area contributed by atoms with Gasteiger partial charge in [-0.3, -0.25) is 14.4 Å². The van der Waals surface area contributed by atoms with Gasteiger partial charge >= 0.3 is 17.9 Å². The number of hydrogen-bond donors (Lipinski definition) is 0. The molecule has 0 N–H and O–H groups in total. The first-order valence-corrected chi connectivity index (χ1v) is 30.0. The van der Waals surface area contributed by atoms with Crippen molar-refractivity contribution in [3.05, 3.63) is 122 Å². The Morgan fingerprint density at radius 1 is 0.288 bits per heavy atom. The predicted molar refractivity (Wildman–Crippen MR) is 316 cm³/mol. The maximum atomic E-state index is 12.8. The summed E-state index contributed by atoms with van der Waals surface area (Å²) in [5, 5.41) is 0. The summed E-state index contributed by atoms with van der Waals surface area (Å²) < 4.78 is 16.8. The molecule has 0 amide bonds. The van der Waals surface area contributed by atoms with Crippen molar-refractivity contribution < 1.29 is 28.6 Å². The molecule has 0 unspecified atom stereocenters. The predicted octanol–water partition coefficient (Wildman–Crippen LogP) is 20.4. The van der Waals surface area contributed by atoms with E-state index in [1.165, 1.54) is 135 Å². The first-order valence-electron chi connectivity index (χ1n) is 30.0. The van der Waals surface area contributed by atoms with Crippen LogP contribution < -0.4 is 0 Å². The summed E-state index contributed by atoms with van der Waals surface area (Å²) >= 11 is 0. The Hall–Kier alpha value is -4.19. The summed E-state index contributed by atoms with van der Waals surface area (Å²) in [6, 6.07) is 0. The standard InChI is InChI=1S/C67H110O6/c1-4-7-10-13-16-19-22-25-28-31-33-36-39-42-45-48-51-54-57-60-66(69)72-63-64(62-71-65(68)59-56-53-50-47-44-41-38-35-30-27-24-21-18-15-12-9-6-3)73-67(70)61-58-55-52-49-46-43-40-37-34-32-29-26-23-20-17-14-11-8-5-2/h8,11,17,20,25-30,34,37-38,41,43,46-47,50,52,55,64H,4-7,9-10,12-16,18-19,21-24,31-33,35-36,39-40,42,44-45,48-49,51,53-54,56-63H2,1-3H3/b11-8-,20-17-,28-25-,29-26-,30-27-,37-34-,41-38-,46-43-,50-47-,55-52-/t64-/m0/s1. The molecule has 0 radical (unpaired) electrons. The largest absolute Gasteiger partial charge is 0.462 e. The zero-order chi connectivity index (χ0) is 52.9. The van der Waals surface area contributed by atoms with Gasteiger partial charge in [-0.25, -0.2) is 0 Å². The fourth-order valence-corrected chi connectivity index (χ4v) is 7.95. The van der Waals surface area contributed by atoms with Crippen LogP contribution in [0.25, 0.3) is 0 Å². The summed E-state index contributed by atoms with van der Waals surface area (Å²) in [6.07, 6.45) is 83.5. The molecule has 0 aliphatic carbocycles. The normalized spacial score (nSPS) is 13.0. The van der Waals surface area contributed by atoms with E-state index in [4.69, 9.17) is 14.2 Å². The minimum atomic E-state index is -0.844. The molecule has 0 aliphatic rings. The lowest BCUT2D eigenvalue weighted by Crippen LogP contribution is -2.30. The molecule has 0 saturated carbocycles. The summed E-state index contributed by atoms with van der Waals surface area (Å²) in [4.78, 5) is 38.2. The maximum Gasteiger partial charge on any atom is 0.306 e. The first kappa shape index (κ1) is 68.8. The van der Waals surface area contributed by atoms with E-state index < -0.39 is 12.1 Å². The minimum Gasteiger partial charge on any atom is -0.462 e. The number of unbranched alkanes of at least 4 members (excludes halogenated alkanes) is 22. The quantitative estimate of drug-likeness (QED) is 0.0261. The lowest BCUT2D eigenvalue weighted by Gasteiger charge is -2.18. The van der Waals surface area contributed by atoms with E-state index in [9.17, 15) is 14.4 Å². The zero-order valence-corrected chi connectivity index (χ0v) is 47.4. The van der Waals surface area contributed by atoms with Gasteiger partial charge < -0.3 is 14.2 Å². The molecule has 0 fully saturated rings. The molecule has 6 nitrogen and oxygen atoms in total. The van der Waals surface area contributed by atoms with Gasteiger partial charge in [-0.1, -0.05) is 251 Å². The third-order valence-electron chi connectivity index (χ3n) is 12.4. The SMILES string of the molecule is CC/C=C\C/C=C\C/C=C\C/C=C\C/C=C\C/C=C\CCC(=O)O[C@@H](COC(=O)CCC/C=C\C/C=C\C/C=C\CCCCCCCC)COC(=O)CCCCCCCCCCC/C=C\CCCCCCCC. The van der Waals surface area contributed by atoms with Crippen LogP contribution in [0.5, 0.6) is 0 Å². The van der Waals surface area contributed by atoms with E-state index in [-0.39, 0.29) is 38.0 Å². The Bertz CT molecular complexity index is 1540. The number of allylic oxidation sites excluding steroid dienone is 20. The fourth-order valence-electron chi connectivity index (χ4n) is 7.95. The maximum absolute atomic E-state index is 12.8. The van der Waals surface area contributed by atoms with Gasteiger partial charge in [0.05, 0.1) is 0 Å². The molecule has 414 valence electrons. The third kappa shape index (κ3) is 58.6. The van der Waals surface area contributed by atoms with Crippen LogP contribution in [0.3, 0.4) is 0 Å². The Morgan fingerprint density at radius 3 is 0.959 bits per heavy atom. The molecule has 0 bridgehead atoms. The van der Waals surface area contributed by atoms with Crippen molar-refractivity contribution in [2.24, 2.45) is 0 Å². The van der Waals surface area contributed by atoms with Gasteiger partial charge in [-0.05, 0) is 116 Å². The van der Waals surface area contributed by atoms with Gasteiger partial charge in [-0.2, -0.15) is 0 Å². The molecular formula is C67H110O6. The Labute approximate surface area is 450 Å². The van der Waals surface area contributed by atoms with Crippen LogP contribution in [0.1, 0.15) is 265 Å². The lowest BCUT2D eigenvalue weighted by atomic mass is 10.1. The number of carbonyl (C=O) groups excluding carboxylic acids is 3. The van der Waals surface area contributed by atoms with Gasteiger partial charge in [-0.15, -0.1) is 0 Å². The number of esters is 3. The Kier molecular flexibility index (Phi) is 56.9. The monoisotopic (exact) mass is 1010 g/mol. The summed E-state index contributed by atoms with van der Waals surface area (Å²) in [5.41, 5.74) is 0. The summed E-state index contributed by atoms with van der Waals surface area (Å²) in [7, 11) is 0. The number of rotatable bonds is 53. The van der Waals surface area contributed by atoms with Crippen molar-refractivity contribution >= 4 is 17.9 Å². The van der Waals surface area contributed by atoms with Crippen LogP contribution >= 0.6 is 0 Å². The molecule has 1 atom stereocenters. The van der Waals surface area contributed by atoms with Gasteiger partial charge in [0.25, 0.3) is 0 Å². The van der Waals surface area contributed by atoms with Crippen LogP contribution in [-0.2, 0) is 28.6 Å². The zero-order valence-electron chi connectivity index (χ0n) is 47.4. The van der Waals surface area contributed by atoms with E-state index in [1.807, 2.05) is 12.2 Å². The average molecular weight is 1010 g/mol. The molecule has 0 spiro atoms. The highest BCUT2D eigenvalue weighted by Crippen LogP contribution is 2.14. The molecule has 0 aliphatic heterocycles. The second kappa shape index (κ2) is 60.4. The van der Waals surface area contributed by atoms with Gasteiger partial charge in [0.15, 0.2) is 6.10 Å². The van der Waals surface area contributed by atoms with E-state index in [0.717, 1.165) is 77.0 Å². The van der Waals surface area contributed by atoms with Crippen molar-refractivity contribution in [2.75, 3.05) is 13.2 Å². The number of ether oxygens (including phenoxy) is 3. The minimum absolute atomic E-state index is 0.127. The summed E-state index contributed by atoms with van der Waals surface area (Å²) in [5.74, 6) is -1.07. The second-order valence-corrected chi connectivity index (χ2v) is 19.5. The molecule has 0 aromatic heterocycles. The topological polar surface area (TPSA) is 78.9 Å². The molecule has 0 saturated heterocycles. The van der Waals surface area contributed by atoms with Crippen LogP contribution in [0.4, 0.5) is 0 Å². The molecule has 0 heterocycles. The van der Waals surface area contributed by atoms with Gasteiger partial charge in [0, 0.05) is 19.3 Å². The third-order valence-corrected chi connectivity index (χ3v) is 12.4. The van der Waals surface area contributed by atoms with E-state index in [1.54, 1.807) is 0 Å². The van der Waals surface area contributed by atoms with Crippen LogP contribution in [0.2, 0.25) is 0 Å². The van der Waals surface area contributed by atoms with Gasteiger partial charge in [0.1, 0.15) is 13.2 Å². The van der Waals surface area contributed by atoms with Crippen molar-refractivity contribution in [1.82, 2.24) is 0 Å². The van der Waals surface area contributed by atoms with Gasteiger partial charge in [0.2, 0.25) is 0 Å². The molecule has 0 rings (SSSR count). The Morgan fingerprint density at radius 2 is 0.575 bits per heavy atom. The van der Waals surface area contributed by atoms with Crippen LogP contribution in [0.15, 0.2) is 122 Å². The van der Waals surface area contributed by atoms with Crippen molar-refractivity contribution in [3.8, 4) is 0 Å².